The maximum absolute atomic E-state index is 10.7. The van der Waals surface area contributed by atoms with Gasteiger partial charge in [0.25, 0.3) is 5.79 Å². The summed E-state index contributed by atoms with van der Waals surface area (Å²) < 4.78 is 8.78. The zero-order chi connectivity index (χ0) is 9.99. The predicted molar refractivity (Wildman–Crippen MR) is 40.7 cm³/mol. The first-order valence-corrected chi connectivity index (χ1v) is 3.28. The van der Waals surface area contributed by atoms with Crippen molar-refractivity contribution in [2.75, 3.05) is 7.11 Å². The minimum atomic E-state index is -2.49. The van der Waals surface area contributed by atoms with E-state index in [2.05, 4.69) is 9.47 Å². The Labute approximate surface area is 72.5 Å². The van der Waals surface area contributed by atoms with Gasteiger partial charge in [-0.05, 0) is 20.8 Å². The largest absolute Gasteiger partial charge is 0.465 e. The number of hydrogen-bond donors (Lipinski definition) is 1. The molecule has 0 spiro atoms. The molecule has 1 atom stereocenters. The fraction of sp³-hybridized carbons (Fsp3) is 0.625. The molecule has 4 nitrogen and oxygen atoms in total. The first-order valence-electron chi connectivity index (χ1n) is 3.28. The Hall–Kier alpha value is -0.610. The van der Waals surface area contributed by atoms with Crippen LogP contribution in [-0.4, -0.2) is 29.6 Å². The van der Waals surface area contributed by atoms with Crippen LogP contribution in [-0.2, 0) is 14.3 Å². The van der Waals surface area contributed by atoms with Crippen molar-refractivity contribution in [2.45, 2.75) is 25.2 Å². The first-order chi connectivity index (χ1) is 5.19. The molecular formula is C8H12O4. The Kier molecular flexibility index (Phi) is 3.24. The molecule has 4 heteroatoms. The van der Waals surface area contributed by atoms with Crippen LogP contribution >= 0.6 is 0 Å². The van der Waals surface area contributed by atoms with E-state index in [0.717, 1.165) is 7.11 Å². The van der Waals surface area contributed by atoms with Crippen molar-refractivity contribution in [3.8, 4) is 0 Å². The maximum Gasteiger partial charge on any atom is 0.366 e. The molecule has 12 heavy (non-hydrogen) atoms. The molecule has 0 aromatic rings. The van der Waals surface area contributed by atoms with Gasteiger partial charge in [-0.25, -0.2) is 4.79 Å². The van der Waals surface area contributed by atoms with Crippen molar-refractivity contribution in [3.63, 3.8) is 0 Å². The molecule has 0 amide bonds. The summed E-state index contributed by atoms with van der Waals surface area (Å²) in [5.41, 5.74) is -1.21. The molecule has 0 fully saturated rings. The van der Waals surface area contributed by atoms with Crippen molar-refractivity contribution in [2.24, 2.45) is 0 Å². The molecule has 0 saturated carbocycles. The molecule has 0 aromatic carbocycles. The molecule has 1 unspecified atom stereocenters. The van der Waals surface area contributed by atoms with Gasteiger partial charge in [-0.15, -0.1) is 0 Å². The van der Waals surface area contributed by atoms with Gasteiger partial charge >= 0.3 is 5.97 Å². The van der Waals surface area contributed by atoms with E-state index >= 15 is 0 Å². The second-order valence-electron chi connectivity index (χ2n) is 2.89. The molecule has 4 radical (unpaired) electrons. The molecule has 0 bridgehead atoms. The summed E-state index contributed by atoms with van der Waals surface area (Å²) in [7, 11) is 1.08. The number of esters is 1. The average Bonchev–Trinajstić information content (AvgIpc) is 1.80. The van der Waals surface area contributed by atoms with E-state index < -0.39 is 17.4 Å². The van der Waals surface area contributed by atoms with Gasteiger partial charge in [-0.2, -0.15) is 0 Å². The van der Waals surface area contributed by atoms with Crippen LogP contribution in [0.25, 0.3) is 0 Å². The highest BCUT2D eigenvalue weighted by Gasteiger charge is 2.37. The van der Waals surface area contributed by atoms with Crippen LogP contribution in [0.5, 0.6) is 0 Å². The summed E-state index contributed by atoms with van der Waals surface area (Å²) in [5.74, 6) is -3.59. The van der Waals surface area contributed by atoms with Crippen LogP contribution in [0.1, 0.15) is 13.8 Å². The van der Waals surface area contributed by atoms with Crippen LogP contribution in [0.2, 0.25) is 0 Å². The highest BCUT2D eigenvalue weighted by molar-refractivity contribution is 5.78. The monoisotopic (exact) mass is 172 g/mol. The van der Waals surface area contributed by atoms with Crippen LogP contribution in [0.4, 0.5) is 0 Å². The Bertz CT molecular complexity index is 166. The summed E-state index contributed by atoms with van der Waals surface area (Å²) in [5, 5.41) is 9.12. The van der Waals surface area contributed by atoms with Crippen molar-refractivity contribution in [1.82, 2.24) is 0 Å². The number of hydrogen-bond acceptors (Lipinski definition) is 4. The molecule has 0 saturated heterocycles. The lowest BCUT2D eigenvalue weighted by molar-refractivity contribution is -0.232. The van der Waals surface area contributed by atoms with E-state index in [1.54, 1.807) is 0 Å². The van der Waals surface area contributed by atoms with Gasteiger partial charge < -0.3 is 14.6 Å². The highest BCUT2D eigenvalue weighted by atomic mass is 16.7. The Morgan fingerprint density at radius 2 is 1.83 bits per heavy atom. The molecule has 0 aliphatic heterocycles. The average molecular weight is 172 g/mol. The molecular weight excluding hydrogens is 160 g/mol. The standard InChI is InChI=1S/C8H12O4/c1-7(2,3)12-8(4,10)6(9)11-5/h1,4,10H,2-3,5H3. The Balaban J connectivity index is 4.32. The summed E-state index contributed by atoms with van der Waals surface area (Å²) in [6, 6.07) is 0. The van der Waals surface area contributed by atoms with Crippen molar-refractivity contribution in [3.05, 3.63) is 13.8 Å². The fourth-order valence-electron chi connectivity index (χ4n) is 0.589. The van der Waals surface area contributed by atoms with Gasteiger partial charge in [0.2, 0.25) is 0 Å². The Morgan fingerprint density at radius 1 is 1.42 bits per heavy atom. The van der Waals surface area contributed by atoms with E-state index in [1.165, 1.54) is 13.8 Å². The SMILES string of the molecule is [CH]C(C)(C)OC([CH])(O)C(=O)OC. The van der Waals surface area contributed by atoms with Crippen molar-refractivity contribution >= 4 is 5.97 Å². The van der Waals surface area contributed by atoms with Gasteiger partial charge in [-0.3, -0.25) is 0 Å². The fourth-order valence-corrected chi connectivity index (χ4v) is 0.589. The number of methoxy groups -OCH3 is 1. The topological polar surface area (TPSA) is 55.8 Å². The second-order valence-corrected chi connectivity index (χ2v) is 2.89. The summed E-state index contributed by atoms with van der Waals surface area (Å²) in [6.45, 7) is 13.3. The van der Waals surface area contributed by atoms with E-state index in [1.807, 2.05) is 0 Å². The quantitative estimate of drug-likeness (QED) is 0.483. The maximum atomic E-state index is 10.7. The zero-order valence-electron chi connectivity index (χ0n) is 7.33. The van der Waals surface area contributed by atoms with Gasteiger partial charge in [-0.1, -0.05) is 0 Å². The van der Waals surface area contributed by atoms with Crippen LogP contribution < -0.4 is 0 Å². The smallest absolute Gasteiger partial charge is 0.366 e. The molecule has 0 aliphatic carbocycles. The second kappa shape index (κ2) is 3.41. The lowest BCUT2D eigenvalue weighted by Gasteiger charge is -2.28. The molecule has 0 aromatic heterocycles. The van der Waals surface area contributed by atoms with E-state index in [-0.39, 0.29) is 0 Å². The first kappa shape index (κ1) is 11.4. The normalized spacial score (nSPS) is 16.8. The van der Waals surface area contributed by atoms with Crippen LogP contribution in [0.15, 0.2) is 0 Å². The number of carbonyl (C=O) groups is 1. The zero-order valence-corrected chi connectivity index (χ0v) is 7.33. The summed E-state index contributed by atoms with van der Waals surface area (Å²) in [6.07, 6.45) is 0. The molecule has 0 aliphatic rings. The van der Waals surface area contributed by atoms with Crippen LogP contribution in [0.3, 0.4) is 0 Å². The van der Waals surface area contributed by atoms with Gasteiger partial charge in [0.05, 0.1) is 12.7 Å². The minimum absolute atomic E-state index is 1.08. The third-order valence-electron chi connectivity index (χ3n) is 0.897. The molecule has 0 heterocycles. The van der Waals surface area contributed by atoms with E-state index in [4.69, 9.17) is 19.0 Å². The van der Waals surface area contributed by atoms with Gasteiger partial charge in [0.15, 0.2) is 0 Å². The third kappa shape index (κ3) is 3.69. The summed E-state index contributed by atoms with van der Waals surface area (Å²) in [4.78, 5) is 10.7. The van der Waals surface area contributed by atoms with E-state index in [0.29, 0.717) is 0 Å². The highest BCUT2D eigenvalue weighted by Crippen LogP contribution is 2.17. The van der Waals surface area contributed by atoms with Crippen molar-refractivity contribution < 1.29 is 19.4 Å². The van der Waals surface area contributed by atoms with E-state index in [9.17, 15) is 4.79 Å². The Morgan fingerprint density at radius 3 is 2.08 bits per heavy atom. The number of rotatable bonds is 3. The third-order valence-corrected chi connectivity index (χ3v) is 0.897. The number of ether oxygens (including phenoxy) is 2. The minimum Gasteiger partial charge on any atom is -0.465 e. The number of carbonyl (C=O) groups excluding carboxylic acids is 1. The molecule has 1 N–H and O–H groups in total. The molecule has 68 valence electrons. The van der Waals surface area contributed by atoms with Gasteiger partial charge in [0, 0.05) is 6.92 Å². The summed E-state index contributed by atoms with van der Waals surface area (Å²) >= 11 is 0. The molecule has 0 rings (SSSR count). The number of aliphatic hydroxyl groups is 1. The van der Waals surface area contributed by atoms with Crippen LogP contribution in [0, 0.1) is 13.8 Å². The lowest BCUT2D eigenvalue weighted by atomic mass is 10.1. The van der Waals surface area contributed by atoms with Crippen molar-refractivity contribution in [1.29, 1.82) is 0 Å². The van der Waals surface area contributed by atoms with Gasteiger partial charge in [0.1, 0.15) is 0 Å². The predicted octanol–water partition coefficient (Wildman–Crippen LogP) is 0.0654. The lowest BCUT2D eigenvalue weighted by Crippen LogP contribution is -2.45.